The van der Waals surface area contributed by atoms with E-state index >= 15 is 0 Å². The van der Waals surface area contributed by atoms with Crippen LogP contribution in [0.15, 0.2) is 54.9 Å². The lowest BCUT2D eigenvalue weighted by Gasteiger charge is -2.09. The van der Waals surface area contributed by atoms with E-state index in [1.54, 1.807) is 6.20 Å². The molecular formula is C20H21N5O. The topological polar surface area (TPSA) is 64.2 Å². The molecular weight excluding hydrogens is 326 g/mol. The summed E-state index contributed by atoms with van der Waals surface area (Å²) in [6.07, 6.45) is 4.97. The highest BCUT2D eigenvalue weighted by Crippen LogP contribution is 2.17. The number of rotatable bonds is 6. The Morgan fingerprint density at radius 3 is 2.81 bits per heavy atom. The summed E-state index contributed by atoms with van der Waals surface area (Å²) in [5.74, 6) is 1.04. The van der Waals surface area contributed by atoms with Gasteiger partial charge in [-0.15, -0.1) is 0 Å². The van der Waals surface area contributed by atoms with Crippen LogP contribution in [0, 0.1) is 0 Å². The summed E-state index contributed by atoms with van der Waals surface area (Å²) >= 11 is 0. The molecule has 1 N–H and O–H groups in total. The van der Waals surface area contributed by atoms with Gasteiger partial charge in [0.15, 0.2) is 0 Å². The maximum Gasteiger partial charge on any atom is 0.222 e. The van der Waals surface area contributed by atoms with Gasteiger partial charge in [0, 0.05) is 37.7 Å². The Kier molecular flexibility index (Phi) is 4.39. The number of hydrogen-bond donors (Lipinski definition) is 1. The molecule has 4 aromatic rings. The average Bonchev–Trinajstić information content (AvgIpc) is 3.25. The zero-order valence-corrected chi connectivity index (χ0v) is 14.7. The van der Waals surface area contributed by atoms with E-state index in [1.165, 1.54) is 0 Å². The monoisotopic (exact) mass is 347 g/mol. The van der Waals surface area contributed by atoms with Crippen LogP contribution in [0.2, 0.25) is 0 Å². The first kappa shape index (κ1) is 16.3. The zero-order chi connectivity index (χ0) is 17.9. The minimum absolute atomic E-state index is 0.0279. The van der Waals surface area contributed by atoms with Crippen molar-refractivity contribution in [2.45, 2.75) is 32.9 Å². The number of nitrogens with zero attached hydrogens (tertiary/aromatic N) is 4. The highest BCUT2D eigenvalue weighted by Gasteiger charge is 2.11. The molecule has 3 heterocycles. The highest BCUT2D eigenvalue weighted by molar-refractivity contribution is 5.78. The molecule has 6 heteroatoms. The number of aromatic nitrogens is 4. The summed E-state index contributed by atoms with van der Waals surface area (Å²) in [5, 5.41) is 7.29. The molecule has 0 saturated heterocycles. The summed E-state index contributed by atoms with van der Waals surface area (Å²) in [4.78, 5) is 17.0. The molecule has 1 aromatic carbocycles. The molecule has 0 aliphatic carbocycles. The Balaban J connectivity index is 1.41. The first-order valence-electron chi connectivity index (χ1n) is 8.88. The summed E-state index contributed by atoms with van der Waals surface area (Å²) in [7, 11) is 0. The lowest BCUT2D eigenvalue weighted by Crippen LogP contribution is -2.24. The maximum absolute atomic E-state index is 12.3. The minimum Gasteiger partial charge on any atom is -0.352 e. The van der Waals surface area contributed by atoms with Crippen LogP contribution >= 0.6 is 0 Å². The van der Waals surface area contributed by atoms with Gasteiger partial charge in [-0.05, 0) is 24.3 Å². The van der Waals surface area contributed by atoms with E-state index in [4.69, 9.17) is 0 Å². The molecule has 3 aromatic heterocycles. The summed E-state index contributed by atoms with van der Waals surface area (Å²) in [6, 6.07) is 14.0. The Morgan fingerprint density at radius 2 is 1.92 bits per heavy atom. The second kappa shape index (κ2) is 7.00. The average molecular weight is 347 g/mol. The molecule has 4 rings (SSSR count). The number of imidazole rings is 1. The number of aryl methyl sites for hydroxylation is 2. The fraction of sp³-hybridized carbons (Fsp3) is 0.250. The molecule has 0 radical (unpaired) electrons. The van der Waals surface area contributed by atoms with Gasteiger partial charge in [-0.3, -0.25) is 4.79 Å². The second-order valence-electron chi connectivity index (χ2n) is 6.25. The number of fused-ring (bicyclic) bond motifs is 2. The van der Waals surface area contributed by atoms with Gasteiger partial charge in [0.2, 0.25) is 5.91 Å². The van der Waals surface area contributed by atoms with Crippen LogP contribution in [-0.4, -0.2) is 25.1 Å². The minimum atomic E-state index is 0.0279. The van der Waals surface area contributed by atoms with Gasteiger partial charge in [-0.1, -0.05) is 25.1 Å². The number of amides is 1. The van der Waals surface area contributed by atoms with Gasteiger partial charge in [-0.2, -0.15) is 5.10 Å². The summed E-state index contributed by atoms with van der Waals surface area (Å²) in [6.45, 7) is 3.20. The molecule has 0 spiro atoms. The third-order valence-corrected chi connectivity index (χ3v) is 4.59. The predicted molar refractivity (Wildman–Crippen MR) is 101 cm³/mol. The molecule has 0 fully saturated rings. The number of carbonyl (C=O) groups is 1. The van der Waals surface area contributed by atoms with E-state index in [0.717, 1.165) is 34.4 Å². The molecule has 1 amide bonds. The maximum atomic E-state index is 12.3. The van der Waals surface area contributed by atoms with Crippen LogP contribution < -0.4 is 5.32 Å². The van der Waals surface area contributed by atoms with Crippen molar-refractivity contribution in [3.8, 4) is 0 Å². The second-order valence-corrected chi connectivity index (χ2v) is 6.25. The van der Waals surface area contributed by atoms with Gasteiger partial charge < -0.3 is 9.88 Å². The Morgan fingerprint density at radius 1 is 1.12 bits per heavy atom. The van der Waals surface area contributed by atoms with Crippen molar-refractivity contribution in [3.05, 3.63) is 66.2 Å². The molecule has 26 heavy (non-hydrogen) atoms. The lowest BCUT2D eigenvalue weighted by atomic mass is 10.2. The Bertz CT molecular complexity index is 1060. The predicted octanol–water partition coefficient (Wildman–Crippen LogP) is 2.95. The fourth-order valence-electron chi connectivity index (χ4n) is 3.26. The molecule has 0 saturated carbocycles. The van der Waals surface area contributed by atoms with Gasteiger partial charge in [0.05, 0.1) is 22.7 Å². The van der Waals surface area contributed by atoms with Crippen LogP contribution in [0.1, 0.15) is 24.7 Å². The van der Waals surface area contributed by atoms with E-state index in [2.05, 4.69) is 33.0 Å². The lowest BCUT2D eigenvalue weighted by molar-refractivity contribution is -0.121. The normalized spacial score (nSPS) is 11.3. The smallest absolute Gasteiger partial charge is 0.222 e. The van der Waals surface area contributed by atoms with E-state index in [9.17, 15) is 4.79 Å². The van der Waals surface area contributed by atoms with Crippen LogP contribution in [-0.2, 0) is 24.3 Å². The van der Waals surface area contributed by atoms with Gasteiger partial charge in [-0.25, -0.2) is 9.50 Å². The largest absolute Gasteiger partial charge is 0.352 e. The van der Waals surface area contributed by atoms with Crippen molar-refractivity contribution in [1.82, 2.24) is 24.5 Å². The number of benzene rings is 1. The number of pyridine rings is 1. The summed E-state index contributed by atoms with van der Waals surface area (Å²) in [5.41, 5.74) is 4.10. The molecule has 0 unspecified atom stereocenters. The molecule has 0 aliphatic rings. The van der Waals surface area contributed by atoms with Crippen LogP contribution in [0.25, 0.3) is 16.6 Å². The van der Waals surface area contributed by atoms with Crippen molar-refractivity contribution in [1.29, 1.82) is 0 Å². The standard InChI is InChI=1S/C20H21N5O/c1-2-19-23-16-7-3-4-9-18(16)24(19)12-10-20(26)21-13-15-14-22-25-11-6-5-8-17(15)25/h3-9,11,14H,2,10,12-13H2,1H3,(H,21,26). The fourth-order valence-corrected chi connectivity index (χ4v) is 3.26. The van der Waals surface area contributed by atoms with E-state index < -0.39 is 0 Å². The summed E-state index contributed by atoms with van der Waals surface area (Å²) < 4.78 is 3.96. The zero-order valence-electron chi connectivity index (χ0n) is 14.7. The molecule has 6 nitrogen and oxygen atoms in total. The van der Waals surface area contributed by atoms with E-state index in [-0.39, 0.29) is 5.91 Å². The molecule has 0 atom stereocenters. The first-order chi connectivity index (χ1) is 12.8. The van der Waals surface area contributed by atoms with Crippen LogP contribution in [0.3, 0.4) is 0 Å². The van der Waals surface area contributed by atoms with E-state index in [0.29, 0.717) is 19.5 Å². The van der Waals surface area contributed by atoms with Crippen molar-refractivity contribution in [2.24, 2.45) is 0 Å². The van der Waals surface area contributed by atoms with Crippen molar-refractivity contribution in [3.63, 3.8) is 0 Å². The molecule has 132 valence electrons. The molecule has 0 bridgehead atoms. The SMILES string of the molecule is CCc1nc2ccccc2n1CCC(=O)NCc1cnn2ccccc12. The number of hydrogen-bond acceptors (Lipinski definition) is 3. The van der Waals surface area contributed by atoms with Gasteiger partial charge in [0.1, 0.15) is 5.82 Å². The van der Waals surface area contributed by atoms with E-state index in [1.807, 2.05) is 47.1 Å². The third-order valence-electron chi connectivity index (χ3n) is 4.59. The Hall–Kier alpha value is -3.15. The third kappa shape index (κ3) is 3.06. The van der Waals surface area contributed by atoms with Gasteiger partial charge in [0.25, 0.3) is 0 Å². The number of para-hydroxylation sites is 2. The first-order valence-corrected chi connectivity index (χ1v) is 8.88. The highest BCUT2D eigenvalue weighted by atomic mass is 16.1. The van der Waals surface area contributed by atoms with Crippen molar-refractivity contribution >= 4 is 22.5 Å². The van der Waals surface area contributed by atoms with Gasteiger partial charge >= 0.3 is 0 Å². The van der Waals surface area contributed by atoms with Crippen LogP contribution in [0.5, 0.6) is 0 Å². The quantitative estimate of drug-likeness (QED) is 0.583. The number of carbonyl (C=O) groups excluding carboxylic acids is 1. The van der Waals surface area contributed by atoms with Crippen LogP contribution in [0.4, 0.5) is 0 Å². The van der Waals surface area contributed by atoms with Crippen molar-refractivity contribution in [2.75, 3.05) is 0 Å². The molecule has 0 aliphatic heterocycles. The Labute approximate surface area is 151 Å². The van der Waals surface area contributed by atoms with Crippen molar-refractivity contribution < 1.29 is 4.79 Å². The number of nitrogens with one attached hydrogen (secondary N) is 1.